The van der Waals surface area contributed by atoms with Gasteiger partial charge in [0, 0.05) is 10.6 Å². The van der Waals surface area contributed by atoms with Crippen molar-refractivity contribution in [2.24, 2.45) is 11.3 Å². The van der Waals surface area contributed by atoms with Crippen LogP contribution in [0.1, 0.15) is 40.0 Å². The average Bonchev–Trinajstić information content (AvgIpc) is 2.37. The minimum Gasteiger partial charge on any atom is -0.122 e. The first-order chi connectivity index (χ1) is 8.55. The molecule has 0 radical (unpaired) electrons. The lowest BCUT2D eigenvalue weighted by Crippen LogP contribution is -2.23. The molecule has 2 rings (SSSR count). The van der Waals surface area contributed by atoms with Gasteiger partial charge in [-0.1, -0.05) is 50.6 Å². The first-order valence-corrected chi connectivity index (χ1v) is 7.90. The molecule has 0 saturated carbocycles. The van der Waals surface area contributed by atoms with Gasteiger partial charge in [-0.05, 0) is 42.7 Å². The van der Waals surface area contributed by atoms with Crippen LogP contribution >= 0.6 is 11.8 Å². The van der Waals surface area contributed by atoms with Crippen molar-refractivity contribution in [3.63, 3.8) is 0 Å². The van der Waals surface area contributed by atoms with Gasteiger partial charge >= 0.3 is 0 Å². The number of hydrogen-bond donors (Lipinski definition) is 0. The van der Waals surface area contributed by atoms with E-state index in [4.69, 9.17) is 0 Å². The normalized spacial score (nSPS) is 20.6. The SMILES string of the molecule is CC(C)(C)C1CCC=C(CSc2ccccc2)C1. The Morgan fingerprint density at radius 1 is 1.17 bits per heavy atom. The minimum absolute atomic E-state index is 0.455. The molecule has 0 heterocycles. The van der Waals surface area contributed by atoms with Gasteiger partial charge in [-0.2, -0.15) is 0 Å². The predicted octanol–water partition coefficient (Wildman–Crippen LogP) is 5.55. The summed E-state index contributed by atoms with van der Waals surface area (Å²) in [6.07, 6.45) is 6.40. The zero-order chi connectivity index (χ0) is 13.0. The molecule has 1 unspecified atom stereocenters. The van der Waals surface area contributed by atoms with E-state index < -0.39 is 0 Å². The van der Waals surface area contributed by atoms with Crippen molar-refractivity contribution >= 4 is 11.8 Å². The summed E-state index contributed by atoms with van der Waals surface area (Å²) >= 11 is 1.97. The maximum absolute atomic E-state index is 2.47. The lowest BCUT2D eigenvalue weighted by atomic mass is 9.72. The molecule has 0 N–H and O–H groups in total. The van der Waals surface area contributed by atoms with E-state index in [0.717, 1.165) is 11.7 Å². The van der Waals surface area contributed by atoms with Crippen LogP contribution in [-0.2, 0) is 0 Å². The highest BCUT2D eigenvalue weighted by Crippen LogP contribution is 2.39. The third-order valence-electron chi connectivity index (χ3n) is 3.85. The molecule has 1 aromatic carbocycles. The Morgan fingerprint density at radius 2 is 1.89 bits per heavy atom. The van der Waals surface area contributed by atoms with E-state index in [1.807, 2.05) is 11.8 Å². The van der Waals surface area contributed by atoms with E-state index in [-0.39, 0.29) is 0 Å². The van der Waals surface area contributed by atoms with E-state index in [1.165, 1.54) is 24.2 Å². The lowest BCUT2D eigenvalue weighted by Gasteiger charge is -2.34. The van der Waals surface area contributed by atoms with Gasteiger partial charge in [0.1, 0.15) is 0 Å². The highest BCUT2D eigenvalue weighted by Gasteiger charge is 2.26. The predicted molar refractivity (Wildman–Crippen MR) is 82.0 cm³/mol. The molecule has 98 valence electrons. The number of allylic oxidation sites excluding steroid dienone is 1. The zero-order valence-corrected chi connectivity index (χ0v) is 12.6. The molecule has 0 aromatic heterocycles. The molecule has 0 nitrogen and oxygen atoms in total. The maximum atomic E-state index is 2.47. The molecule has 0 amide bonds. The second-order valence-corrected chi connectivity index (χ2v) is 7.36. The number of rotatable bonds is 3. The largest absolute Gasteiger partial charge is 0.122 e. The molecule has 1 aliphatic rings. The third kappa shape index (κ3) is 3.91. The van der Waals surface area contributed by atoms with Crippen LogP contribution < -0.4 is 0 Å². The van der Waals surface area contributed by atoms with E-state index in [0.29, 0.717) is 5.41 Å². The first kappa shape index (κ1) is 13.7. The van der Waals surface area contributed by atoms with E-state index in [1.54, 1.807) is 5.57 Å². The highest BCUT2D eigenvalue weighted by molar-refractivity contribution is 7.99. The van der Waals surface area contributed by atoms with E-state index in [9.17, 15) is 0 Å². The van der Waals surface area contributed by atoms with Gasteiger partial charge < -0.3 is 0 Å². The summed E-state index contributed by atoms with van der Waals surface area (Å²) in [5, 5.41) is 0. The number of thioether (sulfide) groups is 1. The highest BCUT2D eigenvalue weighted by atomic mass is 32.2. The Balaban J connectivity index is 1.89. The molecular formula is C17H24S. The monoisotopic (exact) mass is 260 g/mol. The fraction of sp³-hybridized carbons (Fsp3) is 0.529. The smallest absolute Gasteiger partial charge is 0.0190 e. The Labute approximate surface area is 116 Å². The Morgan fingerprint density at radius 3 is 2.56 bits per heavy atom. The number of hydrogen-bond acceptors (Lipinski definition) is 1. The van der Waals surface area contributed by atoms with Crippen LogP contribution in [0, 0.1) is 11.3 Å². The van der Waals surface area contributed by atoms with Crippen molar-refractivity contribution in [1.82, 2.24) is 0 Å². The molecule has 0 fully saturated rings. The van der Waals surface area contributed by atoms with Crippen LogP contribution in [0.5, 0.6) is 0 Å². The molecule has 0 bridgehead atoms. The molecular weight excluding hydrogens is 236 g/mol. The van der Waals surface area contributed by atoms with Crippen molar-refractivity contribution in [1.29, 1.82) is 0 Å². The molecule has 1 aromatic rings. The van der Waals surface area contributed by atoms with Gasteiger partial charge in [-0.15, -0.1) is 11.8 Å². The molecule has 1 atom stereocenters. The van der Waals surface area contributed by atoms with Gasteiger partial charge in [0.15, 0.2) is 0 Å². The minimum atomic E-state index is 0.455. The molecule has 0 saturated heterocycles. The summed E-state index contributed by atoms with van der Waals surface area (Å²) < 4.78 is 0. The van der Waals surface area contributed by atoms with Crippen molar-refractivity contribution in [2.45, 2.75) is 44.9 Å². The van der Waals surface area contributed by atoms with Gasteiger partial charge in [0.2, 0.25) is 0 Å². The second-order valence-electron chi connectivity index (χ2n) is 6.31. The molecule has 1 aliphatic carbocycles. The molecule has 0 aliphatic heterocycles. The van der Waals surface area contributed by atoms with E-state index in [2.05, 4.69) is 57.2 Å². The molecule has 0 spiro atoms. The summed E-state index contributed by atoms with van der Waals surface area (Å²) in [5.74, 6) is 2.02. The Bertz CT molecular complexity index is 397. The van der Waals surface area contributed by atoms with Crippen LogP contribution in [0.4, 0.5) is 0 Å². The zero-order valence-electron chi connectivity index (χ0n) is 11.8. The maximum Gasteiger partial charge on any atom is 0.0190 e. The van der Waals surface area contributed by atoms with Gasteiger partial charge in [-0.3, -0.25) is 0 Å². The summed E-state index contributed by atoms with van der Waals surface area (Å²) in [6.45, 7) is 7.14. The van der Waals surface area contributed by atoms with Crippen LogP contribution in [0.2, 0.25) is 0 Å². The average molecular weight is 260 g/mol. The van der Waals surface area contributed by atoms with Gasteiger partial charge in [0.25, 0.3) is 0 Å². The number of benzene rings is 1. The third-order valence-corrected chi connectivity index (χ3v) is 4.97. The van der Waals surface area contributed by atoms with Crippen molar-refractivity contribution in [2.75, 3.05) is 5.75 Å². The lowest BCUT2D eigenvalue weighted by molar-refractivity contribution is 0.219. The molecule has 1 heteroatoms. The standard InChI is InChI=1S/C17H24S/c1-17(2,3)15-9-7-8-14(12-15)13-18-16-10-5-4-6-11-16/h4-6,8,10-11,15H,7,9,12-13H2,1-3H3. The van der Waals surface area contributed by atoms with Crippen molar-refractivity contribution < 1.29 is 0 Å². The van der Waals surface area contributed by atoms with Crippen LogP contribution in [0.15, 0.2) is 46.9 Å². The fourth-order valence-corrected chi connectivity index (χ4v) is 3.48. The summed E-state index contributed by atoms with van der Waals surface area (Å²) in [4.78, 5) is 1.39. The van der Waals surface area contributed by atoms with Crippen LogP contribution in [0.3, 0.4) is 0 Å². The van der Waals surface area contributed by atoms with Crippen molar-refractivity contribution in [3.05, 3.63) is 42.0 Å². The summed E-state index contributed by atoms with van der Waals surface area (Å²) in [7, 11) is 0. The topological polar surface area (TPSA) is 0 Å². The second kappa shape index (κ2) is 5.97. The summed E-state index contributed by atoms with van der Waals surface area (Å²) in [5.41, 5.74) is 2.10. The Kier molecular flexibility index (Phi) is 4.55. The van der Waals surface area contributed by atoms with Crippen molar-refractivity contribution in [3.8, 4) is 0 Å². The van der Waals surface area contributed by atoms with E-state index >= 15 is 0 Å². The van der Waals surface area contributed by atoms with Crippen LogP contribution in [0.25, 0.3) is 0 Å². The summed E-state index contributed by atoms with van der Waals surface area (Å²) in [6, 6.07) is 10.7. The molecule has 18 heavy (non-hydrogen) atoms. The fourth-order valence-electron chi connectivity index (χ4n) is 2.54. The Hall–Kier alpha value is -0.690. The van der Waals surface area contributed by atoms with Gasteiger partial charge in [-0.25, -0.2) is 0 Å². The quantitative estimate of drug-likeness (QED) is 0.507. The van der Waals surface area contributed by atoms with Crippen LogP contribution in [-0.4, -0.2) is 5.75 Å². The first-order valence-electron chi connectivity index (χ1n) is 6.91. The van der Waals surface area contributed by atoms with Gasteiger partial charge in [0.05, 0.1) is 0 Å².